The lowest BCUT2D eigenvalue weighted by Gasteiger charge is -2.37. The lowest BCUT2D eigenvalue weighted by molar-refractivity contribution is -0.121. The molecule has 0 radical (unpaired) electrons. The van der Waals surface area contributed by atoms with Crippen molar-refractivity contribution in [3.05, 3.63) is 28.7 Å². The van der Waals surface area contributed by atoms with Crippen molar-refractivity contribution in [1.82, 2.24) is 5.32 Å². The maximum Gasteiger partial charge on any atom is 0.246 e. The number of aliphatic hydroxyl groups is 1. The molecule has 104 valence electrons. The largest absolute Gasteiger partial charge is 0.394 e. The molecule has 1 atom stereocenters. The van der Waals surface area contributed by atoms with E-state index in [1.807, 2.05) is 38.1 Å². The number of benzene rings is 1. The Morgan fingerprint density at radius 2 is 2.05 bits per heavy atom. The second-order valence-electron chi connectivity index (χ2n) is 5.40. The number of aliphatic hydroxyl groups excluding tert-OH is 1. The number of carbonyl (C=O) groups excluding carboxylic acids is 1. The molecule has 1 unspecified atom stereocenters. The molecule has 5 heteroatoms. The van der Waals surface area contributed by atoms with Gasteiger partial charge in [-0.25, -0.2) is 0 Å². The van der Waals surface area contributed by atoms with Crippen molar-refractivity contribution in [3.63, 3.8) is 0 Å². The number of carbonyl (C=O) groups is 1. The lowest BCUT2D eigenvalue weighted by Crippen LogP contribution is -2.52. The number of anilines is 1. The van der Waals surface area contributed by atoms with Crippen molar-refractivity contribution in [1.29, 1.82) is 0 Å². The van der Waals surface area contributed by atoms with E-state index in [1.165, 1.54) is 0 Å². The van der Waals surface area contributed by atoms with Gasteiger partial charge in [-0.3, -0.25) is 4.79 Å². The van der Waals surface area contributed by atoms with Crippen LogP contribution in [0.2, 0.25) is 0 Å². The third-order valence-electron chi connectivity index (χ3n) is 3.52. The summed E-state index contributed by atoms with van der Waals surface area (Å²) in [6.07, 6.45) is 0.839. The Labute approximate surface area is 121 Å². The smallest absolute Gasteiger partial charge is 0.246 e. The van der Waals surface area contributed by atoms with Crippen LogP contribution in [0, 0.1) is 0 Å². The summed E-state index contributed by atoms with van der Waals surface area (Å²) < 4.78 is 0.980. The highest BCUT2D eigenvalue weighted by Crippen LogP contribution is 2.30. The van der Waals surface area contributed by atoms with E-state index in [4.69, 9.17) is 0 Å². The van der Waals surface area contributed by atoms with Gasteiger partial charge in [0.15, 0.2) is 0 Å². The molecule has 1 fully saturated rings. The van der Waals surface area contributed by atoms with Crippen molar-refractivity contribution in [2.75, 3.05) is 18.1 Å². The van der Waals surface area contributed by atoms with Crippen LogP contribution in [0.4, 0.5) is 5.69 Å². The van der Waals surface area contributed by atoms with Gasteiger partial charge in [0.1, 0.15) is 6.04 Å². The molecule has 0 saturated carbocycles. The third-order valence-corrected chi connectivity index (χ3v) is 4.05. The van der Waals surface area contributed by atoms with Crippen molar-refractivity contribution in [2.24, 2.45) is 0 Å². The van der Waals surface area contributed by atoms with Gasteiger partial charge >= 0.3 is 0 Å². The molecule has 0 bridgehead atoms. The fourth-order valence-electron chi connectivity index (χ4n) is 2.42. The fourth-order valence-corrected chi connectivity index (χ4v) is 2.68. The average Bonchev–Trinajstić information content (AvgIpc) is 2.47. The molecule has 4 nitrogen and oxygen atoms in total. The zero-order chi connectivity index (χ0) is 14.0. The molecule has 1 aromatic rings. The summed E-state index contributed by atoms with van der Waals surface area (Å²) in [6, 6.07) is 7.16. The van der Waals surface area contributed by atoms with Crippen molar-refractivity contribution >= 4 is 27.5 Å². The van der Waals surface area contributed by atoms with E-state index in [1.54, 1.807) is 4.90 Å². The van der Waals surface area contributed by atoms with Crippen molar-refractivity contribution < 1.29 is 9.90 Å². The molecule has 0 spiro atoms. The molecule has 1 aliphatic rings. The lowest BCUT2D eigenvalue weighted by atomic mass is 9.97. The zero-order valence-corrected chi connectivity index (χ0v) is 12.8. The summed E-state index contributed by atoms with van der Waals surface area (Å²) in [5.74, 6) is -0.0766. The highest BCUT2D eigenvalue weighted by atomic mass is 79.9. The Bertz CT molecular complexity index is 459. The van der Waals surface area contributed by atoms with E-state index in [0.29, 0.717) is 0 Å². The minimum absolute atomic E-state index is 0.0766. The van der Waals surface area contributed by atoms with Gasteiger partial charge in [-0.05, 0) is 51.1 Å². The van der Waals surface area contributed by atoms with Gasteiger partial charge < -0.3 is 15.3 Å². The molecule has 2 rings (SSSR count). The van der Waals surface area contributed by atoms with Crippen LogP contribution in [0.3, 0.4) is 0 Å². The first-order valence-electron chi connectivity index (χ1n) is 6.39. The van der Waals surface area contributed by atoms with Crippen LogP contribution in [0.5, 0.6) is 0 Å². The van der Waals surface area contributed by atoms with Crippen LogP contribution in [-0.4, -0.2) is 35.7 Å². The number of halogens is 1. The second-order valence-corrected chi connectivity index (χ2v) is 6.32. The molecule has 1 amide bonds. The topological polar surface area (TPSA) is 52.6 Å². The van der Waals surface area contributed by atoms with Gasteiger partial charge in [0.25, 0.3) is 0 Å². The highest BCUT2D eigenvalue weighted by Gasteiger charge is 2.38. The number of amides is 1. The van der Waals surface area contributed by atoms with Crippen LogP contribution >= 0.6 is 15.9 Å². The van der Waals surface area contributed by atoms with Gasteiger partial charge in [-0.2, -0.15) is 0 Å². The maximum absolute atomic E-state index is 12.6. The minimum atomic E-state index is -0.523. The van der Waals surface area contributed by atoms with Crippen LogP contribution in [-0.2, 0) is 4.79 Å². The quantitative estimate of drug-likeness (QED) is 0.873. The van der Waals surface area contributed by atoms with E-state index in [-0.39, 0.29) is 18.1 Å². The van der Waals surface area contributed by atoms with Crippen LogP contribution in [0.1, 0.15) is 20.3 Å². The Morgan fingerprint density at radius 3 is 2.63 bits per heavy atom. The summed E-state index contributed by atoms with van der Waals surface area (Å²) in [5.41, 5.74) is 0.585. The predicted octanol–water partition coefficient (Wildman–Crippen LogP) is 1.91. The molecule has 2 N–H and O–H groups in total. The minimum Gasteiger partial charge on any atom is -0.394 e. The van der Waals surface area contributed by atoms with Gasteiger partial charge in [-0.15, -0.1) is 0 Å². The summed E-state index contributed by atoms with van der Waals surface area (Å²) in [7, 11) is 0. The van der Waals surface area contributed by atoms with Crippen molar-refractivity contribution in [3.8, 4) is 0 Å². The standard InChI is InChI=1S/C14H19BrN2O2/c1-14(2)7-8-16-12(9-18)13(19)17(14)11-5-3-10(15)4-6-11/h3-6,12,16,18H,7-9H2,1-2H3. The summed E-state index contributed by atoms with van der Waals surface area (Å²) in [6.45, 7) is 4.64. The third kappa shape index (κ3) is 2.99. The van der Waals surface area contributed by atoms with Gasteiger partial charge in [0.05, 0.1) is 6.61 Å². The van der Waals surface area contributed by atoms with E-state index >= 15 is 0 Å². The maximum atomic E-state index is 12.6. The number of rotatable bonds is 2. The summed E-state index contributed by atoms with van der Waals surface area (Å²) in [5, 5.41) is 12.4. The normalized spacial score (nSPS) is 23.3. The molecule has 1 aliphatic heterocycles. The first-order chi connectivity index (χ1) is 8.95. The average molecular weight is 327 g/mol. The van der Waals surface area contributed by atoms with E-state index in [2.05, 4.69) is 21.2 Å². The molecule has 0 aliphatic carbocycles. The zero-order valence-electron chi connectivity index (χ0n) is 11.2. The van der Waals surface area contributed by atoms with Gasteiger partial charge in [0, 0.05) is 15.7 Å². The van der Waals surface area contributed by atoms with Gasteiger partial charge in [-0.1, -0.05) is 15.9 Å². The molecule has 19 heavy (non-hydrogen) atoms. The summed E-state index contributed by atoms with van der Waals surface area (Å²) in [4.78, 5) is 14.4. The number of hydrogen-bond acceptors (Lipinski definition) is 3. The SMILES string of the molecule is CC1(C)CCNC(CO)C(=O)N1c1ccc(Br)cc1. The summed E-state index contributed by atoms with van der Waals surface area (Å²) >= 11 is 3.40. The van der Waals surface area contributed by atoms with Crippen LogP contribution in [0.25, 0.3) is 0 Å². The number of nitrogens with one attached hydrogen (secondary N) is 1. The molecule has 1 saturated heterocycles. The first kappa shape index (κ1) is 14.5. The Morgan fingerprint density at radius 1 is 1.42 bits per heavy atom. The monoisotopic (exact) mass is 326 g/mol. The molecule has 0 aromatic heterocycles. The van der Waals surface area contributed by atoms with Crippen LogP contribution < -0.4 is 10.2 Å². The fraction of sp³-hybridized carbons (Fsp3) is 0.500. The first-order valence-corrected chi connectivity index (χ1v) is 7.19. The second kappa shape index (κ2) is 5.61. The van der Waals surface area contributed by atoms with Crippen molar-refractivity contribution in [2.45, 2.75) is 31.8 Å². The number of hydrogen-bond donors (Lipinski definition) is 2. The Hall–Kier alpha value is -0.910. The molecule has 1 aromatic carbocycles. The Kier molecular flexibility index (Phi) is 4.28. The van der Waals surface area contributed by atoms with Crippen LogP contribution in [0.15, 0.2) is 28.7 Å². The van der Waals surface area contributed by atoms with E-state index in [0.717, 1.165) is 23.1 Å². The molecular weight excluding hydrogens is 308 g/mol. The number of nitrogens with zero attached hydrogens (tertiary/aromatic N) is 1. The van der Waals surface area contributed by atoms with E-state index in [9.17, 15) is 9.90 Å². The van der Waals surface area contributed by atoms with E-state index < -0.39 is 6.04 Å². The predicted molar refractivity (Wildman–Crippen MR) is 79.2 cm³/mol. The molecular formula is C14H19BrN2O2. The highest BCUT2D eigenvalue weighted by molar-refractivity contribution is 9.10. The molecule has 1 heterocycles. The van der Waals surface area contributed by atoms with Gasteiger partial charge in [0.2, 0.25) is 5.91 Å². The Balaban J connectivity index is 2.41.